The van der Waals surface area contributed by atoms with Crippen LogP contribution in [0.3, 0.4) is 0 Å². The zero-order valence-corrected chi connectivity index (χ0v) is 25.0. The van der Waals surface area contributed by atoms with Crippen LogP contribution in [-0.4, -0.2) is 57.5 Å². The molecule has 0 unspecified atom stereocenters. The van der Waals surface area contributed by atoms with Crippen molar-refractivity contribution in [3.8, 4) is 11.5 Å². The number of anilines is 1. The lowest BCUT2D eigenvalue weighted by Gasteiger charge is -2.36. The van der Waals surface area contributed by atoms with Gasteiger partial charge in [-0.2, -0.15) is 4.98 Å². The van der Waals surface area contributed by atoms with E-state index in [4.69, 9.17) is 14.2 Å². The molecule has 5 aromatic rings. The molecule has 5 rings (SSSR count). The van der Waals surface area contributed by atoms with Gasteiger partial charge in [-0.05, 0) is 41.0 Å². The van der Waals surface area contributed by atoms with E-state index in [1.165, 1.54) is 6.33 Å². The van der Waals surface area contributed by atoms with Crippen LogP contribution in [0, 0.1) is 5.92 Å². The number of aromatic amines is 1. The first kappa shape index (κ1) is 30.5. The molecule has 2 aromatic heterocycles. The molecule has 0 saturated heterocycles. The van der Waals surface area contributed by atoms with Gasteiger partial charge < -0.3 is 23.9 Å². The fourth-order valence-corrected chi connectivity index (χ4v) is 4.98. The van der Waals surface area contributed by atoms with Crippen LogP contribution >= 0.6 is 0 Å². The summed E-state index contributed by atoms with van der Waals surface area (Å²) < 4.78 is 19.1. The smallest absolute Gasteiger partial charge is 0.280 e. The predicted molar refractivity (Wildman–Crippen MR) is 166 cm³/mol. The van der Waals surface area contributed by atoms with E-state index in [1.54, 1.807) is 32.6 Å². The van der Waals surface area contributed by atoms with E-state index in [9.17, 15) is 14.7 Å². The predicted octanol–water partition coefficient (Wildman–Crippen LogP) is 4.10. The van der Waals surface area contributed by atoms with E-state index < -0.39 is 17.3 Å². The number of benzene rings is 3. The second-order valence-corrected chi connectivity index (χ2v) is 10.6. The summed E-state index contributed by atoms with van der Waals surface area (Å²) in [6.45, 7) is 3.41. The highest BCUT2D eigenvalue weighted by Crippen LogP contribution is 2.41. The molecule has 0 spiro atoms. The number of hydrogen-bond acceptors (Lipinski definition) is 8. The molecule has 0 bridgehead atoms. The topological polar surface area (TPSA) is 141 Å². The standard InChI is InChI=1S/C33H35N5O6/c1-21(2)30(40)36-32-35-29-28(31(41)37-32)34-20-38(29)18-25(39)19-44-33(22-8-6-5-7-9-22,23-10-14-26(42-3)15-11-23)24-12-16-27(43-4)17-13-24/h5-17,20-21,25,39H,18-19H2,1-4H3,(H2,35,36,37,40,41)/t25-/m1/s1. The quantitative estimate of drug-likeness (QED) is 0.183. The minimum Gasteiger partial charge on any atom is -0.497 e. The van der Waals surface area contributed by atoms with Crippen molar-refractivity contribution in [2.24, 2.45) is 5.92 Å². The largest absolute Gasteiger partial charge is 0.497 e. The Morgan fingerprint density at radius 2 is 1.50 bits per heavy atom. The summed E-state index contributed by atoms with van der Waals surface area (Å²) in [7, 11) is 3.22. The van der Waals surface area contributed by atoms with Gasteiger partial charge in [-0.1, -0.05) is 68.4 Å². The summed E-state index contributed by atoms with van der Waals surface area (Å²) in [5.74, 6) is 0.811. The number of H-pyrrole nitrogens is 1. The van der Waals surface area contributed by atoms with Crippen molar-refractivity contribution in [2.75, 3.05) is 26.1 Å². The molecule has 228 valence electrons. The van der Waals surface area contributed by atoms with Gasteiger partial charge >= 0.3 is 0 Å². The first-order valence-electron chi connectivity index (χ1n) is 14.2. The molecule has 2 heterocycles. The number of carbonyl (C=O) groups excluding carboxylic acids is 1. The van der Waals surface area contributed by atoms with Crippen LogP contribution in [0.15, 0.2) is 90.0 Å². The number of aliphatic hydroxyl groups is 1. The summed E-state index contributed by atoms with van der Waals surface area (Å²) in [4.78, 5) is 35.9. The number of methoxy groups -OCH3 is 2. The molecule has 3 aromatic carbocycles. The van der Waals surface area contributed by atoms with Gasteiger partial charge in [0.25, 0.3) is 5.56 Å². The molecule has 0 fully saturated rings. The molecule has 0 aliphatic rings. The van der Waals surface area contributed by atoms with Gasteiger partial charge in [0.05, 0.1) is 39.8 Å². The maximum absolute atomic E-state index is 12.6. The second-order valence-electron chi connectivity index (χ2n) is 10.6. The van der Waals surface area contributed by atoms with E-state index in [2.05, 4.69) is 20.3 Å². The fourth-order valence-electron chi connectivity index (χ4n) is 4.98. The Kier molecular flexibility index (Phi) is 9.07. The Labute approximate surface area is 254 Å². The van der Waals surface area contributed by atoms with Crippen molar-refractivity contribution in [2.45, 2.75) is 32.1 Å². The molecule has 0 aliphatic heterocycles. The highest BCUT2D eigenvalue weighted by atomic mass is 16.5. The second kappa shape index (κ2) is 13.1. The Balaban J connectivity index is 1.50. The van der Waals surface area contributed by atoms with Gasteiger partial charge in [-0.15, -0.1) is 0 Å². The molecule has 11 heteroatoms. The number of hydrogen-bond donors (Lipinski definition) is 3. The number of amides is 1. The van der Waals surface area contributed by atoms with Crippen LogP contribution in [0.4, 0.5) is 5.95 Å². The maximum atomic E-state index is 12.6. The summed E-state index contributed by atoms with van der Waals surface area (Å²) >= 11 is 0. The van der Waals surface area contributed by atoms with Crippen LogP contribution in [0.1, 0.15) is 30.5 Å². The first-order valence-corrected chi connectivity index (χ1v) is 14.2. The third kappa shape index (κ3) is 6.19. The number of rotatable bonds is 12. The monoisotopic (exact) mass is 597 g/mol. The van der Waals surface area contributed by atoms with Gasteiger partial charge in [-0.3, -0.25) is 19.9 Å². The molecule has 0 aliphatic carbocycles. The average Bonchev–Trinajstić information content (AvgIpc) is 3.45. The highest BCUT2D eigenvalue weighted by Gasteiger charge is 2.38. The van der Waals surface area contributed by atoms with Crippen molar-refractivity contribution >= 4 is 23.0 Å². The van der Waals surface area contributed by atoms with E-state index in [-0.39, 0.29) is 42.1 Å². The molecular weight excluding hydrogens is 562 g/mol. The number of aliphatic hydroxyl groups excluding tert-OH is 1. The number of ether oxygens (including phenoxy) is 3. The lowest BCUT2D eigenvalue weighted by atomic mass is 9.80. The summed E-state index contributed by atoms with van der Waals surface area (Å²) in [6.07, 6.45) is 0.406. The Morgan fingerprint density at radius 1 is 0.932 bits per heavy atom. The normalized spacial score (nSPS) is 12.3. The molecule has 1 amide bonds. The zero-order chi connectivity index (χ0) is 31.3. The van der Waals surface area contributed by atoms with Crippen molar-refractivity contribution in [1.82, 2.24) is 19.5 Å². The third-order valence-electron chi connectivity index (χ3n) is 7.31. The lowest BCUT2D eigenvalue weighted by Crippen LogP contribution is -2.36. The zero-order valence-electron chi connectivity index (χ0n) is 25.0. The van der Waals surface area contributed by atoms with Gasteiger partial charge in [0.1, 0.15) is 17.1 Å². The average molecular weight is 598 g/mol. The summed E-state index contributed by atoms with van der Waals surface area (Å²) in [5.41, 5.74) is 1.22. The fraction of sp³-hybridized carbons (Fsp3) is 0.273. The Bertz CT molecular complexity index is 1720. The summed E-state index contributed by atoms with van der Waals surface area (Å²) in [6, 6.07) is 25.0. The molecular formula is C33H35N5O6. The molecule has 0 saturated carbocycles. The highest BCUT2D eigenvalue weighted by molar-refractivity contribution is 5.91. The number of imidazole rings is 1. The molecule has 1 atom stereocenters. The minimum atomic E-state index is -1.11. The first-order chi connectivity index (χ1) is 21.2. The number of carbonyl (C=O) groups is 1. The van der Waals surface area contributed by atoms with E-state index >= 15 is 0 Å². The van der Waals surface area contributed by atoms with Gasteiger partial charge in [0, 0.05) is 5.92 Å². The third-order valence-corrected chi connectivity index (χ3v) is 7.31. The van der Waals surface area contributed by atoms with Crippen molar-refractivity contribution in [1.29, 1.82) is 0 Å². The lowest BCUT2D eigenvalue weighted by molar-refractivity contribution is -0.118. The summed E-state index contributed by atoms with van der Waals surface area (Å²) in [5, 5.41) is 13.9. The minimum absolute atomic E-state index is 0.01000. The maximum Gasteiger partial charge on any atom is 0.280 e. The van der Waals surface area contributed by atoms with E-state index in [1.807, 2.05) is 78.9 Å². The number of nitrogens with zero attached hydrogens (tertiary/aromatic N) is 3. The SMILES string of the molecule is COc1ccc(C(OC[C@H](O)Cn2cnc3c(=O)[nH]c(NC(=O)C(C)C)nc32)(c2ccccc2)c2ccc(OC)cc2)cc1. The van der Waals surface area contributed by atoms with Crippen molar-refractivity contribution < 1.29 is 24.1 Å². The molecule has 11 nitrogen and oxygen atoms in total. The van der Waals surface area contributed by atoms with Crippen LogP contribution in [0.25, 0.3) is 11.2 Å². The van der Waals surface area contributed by atoms with Gasteiger partial charge in [0.2, 0.25) is 11.9 Å². The van der Waals surface area contributed by atoms with Crippen LogP contribution in [0.5, 0.6) is 11.5 Å². The number of aromatic nitrogens is 4. The Hall–Kier alpha value is -5.00. The van der Waals surface area contributed by atoms with E-state index in [0.29, 0.717) is 11.5 Å². The molecule has 44 heavy (non-hydrogen) atoms. The molecule has 3 N–H and O–H groups in total. The van der Waals surface area contributed by atoms with Gasteiger partial charge in [-0.25, -0.2) is 4.98 Å². The van der Waals surface area contributed by atoms with E-state index in [0.717, 1.165) is 16.7 Å². The number of nitrogens with one attached hydrogen (secondary N) is 2. The molecule has 0 radical (unpaired) electrons. The van der Waals surface area contributed by atoms with Gasteiger partial charge in [0.15, 0.2) is 11.2 Å². The van der Waals surface area contributed by atoms with Crippen LogP contribution in [-0.2, 0) is 21.7 Å². The van der Waals surface area contributed by atoms with Crippen molar-refractivity contribution in [3.63, 3.8) is 0 Å². The van der Waals surface area contributed by atoms with Crippen molar-refractivity contribution in [3.05, 3.63) is 112 Å². The number of fused-ring (bicyclic) bond motifs is 1. The van der Waals surface area contributed by atoms with Crippen LogP contribution < -0.4 is 20.3 Å². The Morgan fingerprint density at radius 3 is 2.05 bits per heavy atom. The van der Waals surface area contributed by atoms with Crippen LogP contribution in [0.2, 0.25) is 0 Å².